The number of aryl methyl sites for hydroxylation is 1. The summed E-state index contributed by atoms with van der Waals surface area (Å²) >= 11 is 6.89. The Kier molecular flexibility index (Phi) is 6.11. The third-order valence-corrected chi connectivity index (χ3v) is 5.48. The monoisotopic (exact) mass is 525 g/mol. The molecule has 0 fully saturated rings. The predicted octanol–water partition coefficient (Wildman–Crippen LogP) is 5.69. The summed E-state index contributed by atoms with van der Waals surface area (Å²) in [6, 6.07) is 21.0. The first-order valence-electron chi connectivity index (χ1n) is 9.21. The molecule has 0 aliphatic carbocycles. The van der Waals surface area contributed by atoms with Gasteiger partial charge in [-0.05, 0) is 48.9 Å². The summed E-state index contributed by atoms with van der Waals surface area (Å²) < 4.78 is 9.00. The van der Waals surface area contributed by atoms with E-state index in [0.29, 0.717) is 29.1 Å². The maximum atomic E-state index is 12.9. The van der Waals surface area contributed by atoms with E-state index in [1.165, 1.54) is 4.68 Å². The first-order chi connectivity index (χ1) is 14.5. The van der Waals surface area contributed by atoms with Crippen LogP contribution in [0.1, 0.15) is 17.0 Å². The van der Waals surface area contributed by atoms with Gasteiger partial charge in [0.1, 0.15) is 18.2 Å². The van der Waals surface area contributed by atoms with Gasteiger partial charge in [0.25, 0.3) is 5.56 Å². The highest BCUT2D eigenvalue weighted by atomic mass is 79.9. The topological polar surface area (TPSA) is 56.5 Å². The summed E-state index contributed by atoms with van der Waals surface area (Å²) in [6.45, 7) is 2.20. The van der Waals surface area contributed by atoms with Crippen LogP contribution >= 0.6 is 31.9 Å². The molecule has 0 N–H and O–H groups in total. The normalized spacial score (nSPS) is 11.3. The molecular formula is C23H17Br2N3O2. The van der Waals surface area contributed by atoms with Crippen LogP contribution in [0.4, 0.5) is 0 Å². The van der Waals surface area contributed by atoms with E-state index in [2.05, 4.69) is 41.9 Å². The van der Waals surface area contributed by atoms with Crippen LogP contribution in [0.3, 0.4) is 0 Å². The number of rotatable bonds is 5. The average molecular weight is 527 g/mol. The number of ether oxygens (including phenoxy) is 1. The van der Waals surface area contributed by atoms with Crippen molar-refractivity contribution >= 4 is 49.0 Å². The molecule has 1 heterocycles. The zero-order valence-corrected chi connectivity index (χ0v) is 19.2. The Hall–Kier alpha value is -2.77. The Morgan fingerprint density at radius 2 is 1.77 bits per heavy atom. The van der Waals surface area contributed by atoms with Crippen LogP contribution in [0.25, 0.3) is 10.9 Å². The molecule has 4 aromatic rings. The van der Waals surface area contributed by atoms with E-state index in [1.54, 1.807) is 19.2 Å². The van der Waals surface area contributed by atoms with Crippen LogP contribution in [0.15, 0.2) is 85.6 Å². The molecule has 0 unspecified atom stereocenters. The summed E-state index contributed by atoms with van der Waals surface area (Å²) in [6.07, 6.45) is 1.62. The van der Waals surface area contributed by atoms with Crippen LogP contribution in [0, 0.1) is 6.92 Å². The molecule has 150 valence electrons. The van der Waals surface area contributed by atoms with Crippen molar-refractivity contribution in [2.75, 3.05) is 0 Å². The third-order valence-electron chi connectivity index (χ3n) is 4.49. The number of fused-ring (bicyclic) bond motifs is 1. The maximum Gasteiger partial charge on any atom is 0.282 e. The Bertz CT molecular complexity index is 1300. The minimum atomic E-state index is -0.225. The van der Waals surface area contributed by atoms with Crippen molar-refractivity contribution in [3.05, 3.63) is 103 Å². The summed E-state index contributed by atoms with van der Waals surface area (Å²) in [4.78, 5) is 17.4. The lowest BCUT2D eigenvalue weighted by Crippen LogP contribution is -2.20. The summed E-state index contributed by atoms with van der Waals surface area (Å²) in [5.41, 5.74) is 2.24. The minimum Gasteiger partial charge on any atom is -0.488 e. The Labute approximate surface area is 190 Å². The fourth-order valence-corrected chi connectivity index (χ4v) is 3.74. The van der Waals surface area contributed by atoms with Gasteiger partial charge in [0, 0.05) is 14.5 Å². The van der Waals surface area contributed by atoms with Gasteiger partial charge in [0.15, 0.2) is 0 Å². The molecule has 4 rings (SSSR count). The van der Waals surface area contributed by atoms with Gasteiger partial charge in [0.2, 0.25) is 0 Å². The van der Waals surface area contributed by atoms with Gasteiger partial charge >= 0.3 is 0 Å². The number of halogens is 2. The standard InChI is InChI=1S/C23H17Br2N3O2/c1-15-27-21-9-7-19(25)12-20(21)23(29)28(15)26-13-17-11-18(24)8-10-22(17)30-14-16-5-3-2-4-6-16/h2-13H,14H2,1H3. The molecule has 0 amide bonds. The van der Waals surface area contributed by atoms with Crippen LogP contribution in [0.5, 0.6) is 5.75 Å². The molecule has 0 aliphatic rings. The lowest BCUT2D eigenvalue weighted by Gasteiger charge is -2.10. The van der Waals surface area contributed by atoms with E-state index in [0.717, 1.165) is 20.1 Å². The molecule has 0 radical (unpaired) electrons. The number of hydrogen-bond donors (Lipinski definition) is 0. The molecule has 3 aromatic carbocycles. The number of aromatic nitrogens is 2. The molecule has 0 spiro atoms. The second-order valence-corrected chi connectivity index (χ2v) is 8.47. The zero-order valence-electron chi connectivity index (χ0n) is 16.0. The van der Waals surface area contributed by atoms with Crippen LogP contribution < -0.4 is 10.3 Å². The molecule has 7 heteroatoms. The fraction of sp³-hybridized carbons (Fsp3) is 0.0870. The smallest absolute Gasteiger partial charge is 0.282 e. The van der Waals surface area contributed by atoms with Crippen LogP contribution in [0.2, 0.25) is 0 Å². The average Bonchev–Trinajstić information content (AvgIpc) is 2.74. The first-order valence-corrected chi connectivity index (χ1v) is 10.8. The van der Waals surface area contributed by atoms with Gasteiger partial charge in [-0.1, -0.05) is 62.2 Å². The molecule has 0 bridgehead atoms. The summed E-state index contributed by atoms with van der Waals surface area (Å²) in [5.74, 6) is 1.18. The first kappa shape index (κ1) is 20.5. The molecule has 0 atom stereocenters. The second-order valence-electron chi connectivity index (χ2n) is 6.64. The number of benzene rings is 3. The van der Waals surface area contributed by atoms with Crippen molar-refractivity contribution in [1.29, 1.82) is 0 Å². The van der Waals surface area contributed by atoms with Crippen molar-refractivity contribution in [2.24, 2.45) is 5.10 Å². The van der Waals surface area contributed by atoms with Gasteiger partial charge in [-0.3, -0.25) is 4.79 Å². The lowest BCUT2D eigenvalue weighted by molar-refractivity contribution is 0.305. The largest absolute Gasteiger partial charge is 0.488 e. The SMILES string of the molecule is Cc1nc2ccc(Br)cc2c(=O)n1N=Cc1cc(Br)ccc1OCc1ccccc1. The third kappa shape index (κ3) is 4.52. The summed E-state index contributed by atoms with van der Waals surface area (Å²) in [7, 11) is 0. The number of nitrogens with zero attached hydrogens (tertiary/aromatic N) is 3. The van der Waals surface area contributed by atoms with E-state index >= 15 is 0 Å². The van der Waals surface area contributed by atoms with Gasteiger partial charge in [0.05, 0.1) is 17.1 Å². The Balaban J connectivity index is 1.69. The van der Waals surface area contributed by atoms with Crippen molar-refractivity contribution in [3.8, 4) is 5.75 Å². The van der Waals surface area contributed by atoms with E-state index in [4.69, 9.17) is 4.74 Å². The molecule has 30 heavy (non-hydrogen) atoms. The molecule has 0 aliphatic heterocycles. The van der Waals surface area contributed by atoms with Gasteiger partial charge < -0.3 is 4.74 Å². The molecule has 0 saturated heterocycles. The molecule has 1 aromatic heterocycles. The van der Waals surface area contributed by atoms with Gasteiger partial charge in [-0.2, -0.15) is 9.78 Å². The van der Waals surface area contributed by atoms with Crippen LogP contribution in [-0.2, 0) is 6.61 Å². The predicted molar refractivity (Wildman–Crippen MR) is 126 cm³/mol. The minimum absolute atomic E-state index is 0.225. The van der Waals surface area contributed by atoms with Crippen LogP contribution in [-0.4, -0.2) is 15.9 Å². The highest BCUT2D eigenvalue weighted by molar-refractivity contribution is 9.10. The van der Waals surface area contributed by atoms with Crippen molar-refractivity contribution in [3.63, 3.8) is 0 Å². The van der Waals surface area contributed by atoms with E-state index in [9.17, 15) is 4.79 Å². The number of hydrogen-bond acceptors (Lipinski definition) is 4. The Morgan fingerprint density at radius 1 is 1.03 bits per heavy atom. The quantitative estimate of drug-likeness (QED) is 0.314. The van der Waals surface area contributed by atoms with E-state index < -0.39 is 0 Å². The lowest BCUT2D eigenvalue weighted by atomic mass is 10.2. The highest BCUT2D eigenvalue weighted by Crippen LogP contribution is 2.23. The maximum absolute atomic E-state index is 12.9. The Morgan fingerprint density at radius 3 is 2.57 bits per heavy atom. The fourth-order valence-electron chi connectivity index (χ4n) is 3.00. The zero-order chi connectivity index (χ0) is 21.1. The van der Waals surface area contributed by atoms with Crippen molar-refractivity contribution in [1.82, 2.24) is 9.66 Å². The molecular weight excluding hydrogens is 510 g/mol. The van der Waals surface area contributed by atoms with Crippen molar-refractivity contribution in [2.45, 2.75) is 13.5 Å². The second kappa shape index (κ2) is 8.93. The van der Waals surface area contributed by atoms with Gasteiger partial charge in [-0.25, -0.2) is 4.98 Å². The van der Waals surface area contributed by atoms with E-state index in [-0.39, 0.29) is 5.56 Å². The van der Waals surface area contributed by atoms with E-state index in [1.807, 2.05) is 60.7 Å². The highest BCUT2D eigenvalue weighted by Gasteiger charge is 2.09. The summed E-state index contributed by atoms with van der Waals surface area (Å²) in [5, 5.41) is 4.91. The van der Waals surface area contributed by atoms with Gasteiger partial charge in [-0.15, -0.1) is 0 Å². The van der Waals surface area contributed by atoms with Crippen molar-refractivity contribution < 1.29 is 4.74 Å². The molecule has 5 nitrogen and oxygen atoms in total. The molecule has 0 saturated carbocycles.